The van der Waals surface area contributed by atoms with Gasteiger partial charge in [-0.15, -0.1) is 0 Å². The van der Waals surface area contributed by atoms with Crippen molar-refractivity contribution in [1.82, 2.24) is 19.6 Å². The van der Waals surface area contributed by atoms with Gasteiger partial charge in [0, 0.05) is 30.8 Å². The van der Waals surface area contributed by atoms with E-state index in [1.54, 1.807) is 10.8 Å². The maximum Gasteiger partial charge on any atom is 0.254 e. The lowest BCUT2D eigenvalue weighted by atomic mass is 10.0. The highest BCUT2D eigenvalue weighted by atomic mass is 16.4. The number of nitrogens with zero attached hydrogens (tertiary/aromatic N) is 5. The molecule has 0 amide bonds. The Kier molecular flexibility index (Phi) is 4.40. The van der Waals surface area contributed by atoms with Crippen molar-refractivity contribution in [1.29, 1.82) is 0 Å². The van der Waals surface area contributed by atoms with Gasteiger partial charge in [-0.05, 0) is 31.9 Å². The quantitative estimate of drug-likeness (QED) is 0.786. The Hall–Kier alpha value is -2.41. The topological polar surface area (TPSA) is 79.7 Å². The zero-order chi connectivity index (χ0) is 17.2. The van der Waals surface area contributed by atoms with Crippen LogP contribution in [0.1, 0.15) is 49.7 Å². The first-order valence-corrected chi connectivity index (χ1v) is 8.88. The summed E-state index contributed by atoms with van der Waals surface area (Å²) in [6.07, 6.45) is 7.70. The summed E-state index contributed by atoms with van der Waals surface area (Å²) < 4.78 is 7.18. The van der Waals surface area contributed by atoms with E-state index in [-0.39, 0.29) is 6.04 Å². The van der Waals surface area contributed by atoms with Gasteiger partial charge in [0.05, 0.1) is 6.26 Å². The molecular formula is C18H23N5O2. The zero-order valence-corrected chi connectivity index (χ0v) is 14.4. The SMILES string of the molecule is Cc1cc(N2CCCCC[C@@H]2C[C@@H](O)c2ccco2)n2ncnc2n1. The lowest BCUT2D eigenvalue weighted by Crippen LogP contribution is -2.37. The first-order chi connectivity index (χ1) is 12.2. The molecule has 2 atom stereocenters. The van der Waals surface area contributed by atoms with Crippen molar-refractivity contribution >= 4 is 11.6 Å². The van der Waals surface area contributed by atoms with Crippen LogP contribution in [0.25, 0.3) is 5.78 Å². The molecule has 0 aromatic carbocycles. The number of aliphatic hydroxyl groups excluding tert-OH is 1. The van der Waals surface area contributed by atoms with Gasteiger partial charge in [0.15, 0.2) is 0 Å². The minimum atomic E-state index is -0.602. The lowest BCUT2D eigenvalue weighted by molar-refractivity contribution is 0.129. The molecule has 1 saturated heterocycles. The minimum absolute atomic E-state index is 0.219. The number of aryl methyl sites for hydroxylation is 1. The van der Waals surface area contributed by atoms with Crippen LogP contribution < -0.4 is 4.90 Å². The number of anilines is 1. The fourth-order valence-corrected chi connectivity index (χ4v) is 3.69. The number of aromatic nitrogens is 4. The standard InChI is InChI=1S/C18H23N5O2/c1-13-10-17(23-18(21-13)19-12-20-23)22-8-4-2-3-6-14(22)11-15(24)16-7-5-9-25-16/h5,7,9-10,12,14-15,24H,2-4,6,8,11H2,1H3/t14-,15-/m1/s1. The molecule has 0 bridgehead atoms. The number of hydrogen-bond acceptors (Lipinski definition) is 6. The largest absolute Gasteiger partial charge is 0.467 e. The van der Waals surface area contributed by atoms with Crippen LogP contribution in [0.3, 0.4) is 0 Å². The Labute approximate surface area is 146 Å². The van der Waals surface area contributed by atoms with Gasteiger partial charge in [-0.1, -0.05) is 12.8 Å². The molecule has 25 heavy (non-hydrogen) atoms. The van der Waals surface area contributed by atoms with E-state index < -0.39 is 6.10 Å². The highest BCUT2D eigenvalue weighted by Gasteiger charge is 2.27. The monoisotopic (exact) mass is 341 g/mol. The number of fused-ring (bicyclic) bond motifs is 1. The van der Waals surface area contributed by atoms with Gasteiger partial charge < -0.3 is 14.4 Å². The average Bonchev–Trinajstić information content (AvgIpc) is 3.23. The summed E-state index contributed by atoms with van der Waals surface area (Å²) in [5.41, 5.74) is 0.921. The van der Waals surface area contributed by atoms with Crippen LogP contribution in [0.2, 0.25) is 0 Å². The smallest absolute Gasteiger partial charge is 0.254 e. The molecule has 1 N–H and O–H groups in total. The molecule has 0 spiro atoms. The molecule has 0 aliphatic carbocycles. The fourth-order valence-electron chi connectivity index (χ4n) is 3.69. The Bertz CT molecular complexity index is 829. The molecule has 0 unspecified atom stereocenters. The van der Waals surface area contributed by atoms with Crippen LogP contribution in [0.4, 0.5) is 5.82 Å². The highest BCUT2D eigenvalue weighted by molar-refractivity contribution is 5.48. The summed E-state index contributed by atoms with van der Waals surface area (Å²) in [5, 5.41) is 14.9. The van der Waals surface area contributed by atoms with Crippen LogP contribution in [-0.2, 0) is 0 Å². The van der Waals surface area contributed by atoms with Crippen LogP contribution in [0.5, 0.6) is 0 Å². The third kappa shape index (κ3) is 3.24. The second-order valence-electron chi connectivity index (χ2n) is 6.69. The number of rotatable bonds is 4. The Morgan fingerprint density at radius 2 is 2.28 bits per heavy atom. The molecule has 1 aliphatic heterocycles. The van der Waals surface area contributed by atoms with Gasteiger partial charge in [-0.25, -0.2) is 4.98 Å². The molecule has 4 heterocycles. The Balaban J connectivity index is 1.67. The van der Waals surface area contributed by atoms with Crippen molar-refractivity contribution < 1.29 is 9.52 Å². The third-order valence-corrected chi connectivity index (χ3v) is 4.90. The number of furan rings is 1. The van der Waals surface area contributed by atoms with E-state index in [0.717, 1.165) is 37.3 Å². The summed E-state index contributed by atoms with van der Waals surface area (Å²) in [6.45, 7) is 2.91. The van der Waals surface area contributed by atoms with E-state index in [1.807, 2.05) is 19.1 Å². The van der Waals surface area contributed by atoms with E-state index in [4.69, 9.17) is 4.42 Å². The average molecular weight is 341 g/mol. The van der Waals surface area contributed by atoms with Gasteiger partial charge in [0.25, 0.3) is 5.78 Å². The fraction of sp³-hybridized carbons (Fsp3) is 0.500. The van der Waals surface area contributed by atoms with E-state index >= 15 is 0 Å². The maximum atomic E-state index is 10.6. The lowest BCUT2D eigenvalue weighted by Gasteiger charge is -2.33. The van der Waals surface area contributed by atoms with Crippen LogP contribution >= 0.6 is 0 Å². The van der Waals surface area contributed by atoms with E-state index in [2.05, 4.69) is 26.0 Å². The van der Waals surface area contributed by atoms with E-state index in [0.29, 0.717) is 18.0 Å². The molecule has 1 aliphatic rings. The van der Waals surface area contributed by atoms with Crippen molar-refractivity contribution in [3.63, 3.8) is 0 Å². The van der Waals surface area contributed by atoms with Gasteiger partial charge in [-0.3, -0.25) is 0 Å². The zero-order valence-electron chi connectivity index (χ0n) is 14.4. The molecular weight excluding hydrogens is 318 g/mol. The van der Waals surface area contributed by atoms with Crippen LogP contribution in [0, 0.1) is 6.92 Å². The number of hydrogen-bond donors (Lipinski definition) is 1. The molecule has 3 aromatic heterocycles. The molecule has 0 saturated carbocycles. The minimum Gasteiger partial charge on any atom is -0.467 e. The maximum absolute atomic E-state index is 10.6. The summed E-state index contributed by atoms with van der Waals surface area (Å²) in [6, 6.07) is 5.92. The molecule has 7 nitrogen and oxygen atoms in total. The third-order valence-electron chi connectivity index (χ3n) is 4.90. The molecule has 0 radical (unpaired) electrons. The summed E-state index contributed by atoms with van der Waals surface area (Å²) in [7, 11) is 0. The molecule has 4 rings (SSSR count). The second-order valence-corrected chi connectivity index (χ2v) is 6.69. The van der Waals surface area contributed by atoms with Crippen molar-refractivity contribution in [3.8, 4) is 0 Å². The molecule has 1 fully saturated rings. The van der Waals surface area contributed by atoms with Crippen LogP contribution in [-0.4, -0.2) is 37.3 Å². The first kappa shape index (κ1) is 16.1. The van der Waals surface area contributed by atoms with E-state index in [1.165, 1.54) is 12.7 Å². The number of aliphatic hydroxyl groups is 1. The van der Waals surface area contributed by atoms with Crippen LogP contribution in [0.15, 0.2) is 35.2 Å². The molecule has 132 valence electrons. The van der Waals surface area contributed by atoms with Gasteiger partial charge in [0.2, 0.25) is 0 Å². The van der Waals surface area contributed by atoms with Gasteiger partial charge in [0.1, 0.15) is 24.0 Å². The normalized spacial score (nSPS) is 19.9. The van der Waals surface area contributed by atoms with E-state index in [9.17, 15) is 5.11 Å². The predicted molar refractivity (Wildman–Crippen MR) is 93.4 cm³/mol. The summed E-state index contributed by atoms with van der Waals surface area (Å²) in [4.78, 5) is 11.0. The molecule has 3 aromatic rings. The summed E-state index contributed by atoms with van der Waals surface area (Å²) in [5.74, 6) is 2.24. The Morgan fingerprint density at radius 3 is 3.12 bits per heavy atom. The molecule has 7 heteroatoms. The van der Waals surface area contributed by atoms with Gasteiger partial charge in [-0.2, -0.15) is 14.6 Å². The highest BCUT2D eigenvalue weighted by Crippen LogP contribution is 2.30. The van der Waals surface area contributed by atoms with Crippen molar-refractivity contribution in [2.75, 3.05) is 11.4 Å². The van der Waals surface area contributed by atoms with Crippen molar-refractivity contribution in [3.05, 3.63) is 42.2 Å². The second kappa shape index (κ2) is 6.84. The first-order valence-electron chi connectivity index (χ1n) is 8.88. The van der Waals surface area contributed by atoms with Crippen molar-refractivity contribution in [2.45, 2.75) is 51.2 Å². The predicted octanol–water partition coefficient (Wildman–Crippen LogP) is 2.90. The van der Waals surface area contributed by atoms with Crippen molar-refractivity contribution in [2.24, 2.45) is 0 Å². The Morgan fingerprint density at radius 1 is 1.36 bits per heavy atom. The summed E-state index contributed by atoms with van der Waals surface area (Å²) >= 11 is 0. The van der Waals surface area contributed by atoms with Gasteiger partial charge >= 0.3 is 0 Å².